The Balaban J connectivity index is 1.49. The summed E-state index contributed by atoms with van der Waals surface area (Å²) in [6.45, 7) is 3.69. The second kappa shape index (κ2) is 8.78. The van der Waals surface area contributed by atoms with Gasteiger partial charge in [-0.1, -0.05) is 24.3 Å². The number of aliphatic hydroxyl groups is 1. The summed E-state index contributed by atoms with van der Waals surface area (Å²) in [6.07, 6.45) is 5.64. The van der Waals surface area contributed by atoms with Gasteiger partial charge in [-0.05, 0) is 49.0 Å². The minimum absolute atomic E-state index is 0.0522. The molecule has 6 nitrogen and oxygen atoms in total. The zero-order chi connectivity index (χ0) is 17.5. The van der Waals surface area contributed by atoms with Gasteiger partial charge in [0.1, 0.15) is 0 Å². The predicted molar refractivity (Wildman–Crippen MR) is 95.9 cm³/mol. The van der Waals surface area contributed by atoms with Gasteiger partial charge in [0.05, 0.1) is 13.1 Å². The highest BCUT2D eigenvalue weighted by atomic mass is 16.3. The molecule has 0 spiro atoms. The maximum Gasteiger partial charge on any atom is 0.234 e. The minimum atomic E-state index is 0.0522. The van der Waals surface area contributed by atoms with E-state index in [9.17, 15) is 9.90 Å². The molecule has 0 atom stereocenters. The number of likely N-dealkylation sites (tertiary alicyclic amines) is 1. The molecule has 1 aliphatic rings. The van der Waals surface area contributed by atoms with Crippen LogP contribution in [0.2, 0.25) is 0 Å². The number of carbonyl (C=O) groups is 1. The molecule has 0 unspecified atom stereocenters. The van der Waals surface area contributed by atoms with Crippen LogP contribution in [0.4, 0.5) is 0 Å². The van der Waals surface area contributed by atoms with Crippen molar-refractivity contribution in [2.45, 2.75) is 25.9 Å². The van der Waals surface area contributed by atoms with Gasteiger partial charge in [-0.3, -0.25) is 14.4 Å². The van der Waals surface area contributed by atoms with Crippen LogP contribution < -0.4 is 5.32 Å². The first-order chi connectivity index (χ1) is 12.2. The Labute approximate surface area is 148 Å². The molecule has 2 heterocycles. The number of nitrogens with one attached hydrogen (secondary N) is 1. The van der Waals surface area contributed by atoms with Crippen LogP contribution in [0.5, 0.6) is 0 Å². The fraction of sp³-hybridized carbons (Fsp3) is 0.474. The number of aliphatic hydroxyl groups excluding tert-OH is 1. The Bertz CT molecular complexity index is 664. The fourth-order valence-corrected chi connectivity index (χ4v) is 3.23. The van der Waals surface area contributed by atoms with E-state index < -0.39 is 0 Å². The number of benzene rings is 1. The van der Waals surface area contributed by atoms with Crippen molar-refractivity contribution in [3.8, 4) is 0 Å². The van der Waals surface area contributed by atoms with Crippen LogP contribution in [0.15, 0.2) is 42.7 Å². The van der Waals surface area contributed by atoms with E-state index in [0.29, 0.717) is 25.6 Å². The van der Waals surface area contributed by atoms with Crippen molar-refractivity contribution in [1.82, 2.24) is 20.0 Å². The molecule has 1 aromatic heterocycles. The second-order valence-corrected chi connectivity index (χ2v) is 6.65. The van der Waals surface area contributed by atoms with Gasteiger partial charge in [0.25, 0.3) is 0 Å². The van der Waals surface area contributed by atoms with Crippen LogP contribution in [-0.4, -0.2) is 51.9 Å². The Morgan fingerprint density at radius 3 is 2.64 bits per heavy atom. The predicted octanol–water partition coefficient (Wildman–Crippen LogP) is 1.25. The summed E-state index contributed by atoms with van der Waals surface area (Å²) in [5, 5.41) is 16.5. The average molecular weight is 342 g/mol. The summed E-state index contributed by atoms with van der Waals surface area (Å²) in [5.41, 5.74) is 2.28. The van der Waals surface area contributed by atoms with Crippen molar-refractivity contribution in [3.05, 3.63) is 53.9 Å². The molecule has 0 bridgehead atoms. The number of rotatable bonds is 7. The van der Waals surface area contributed by atoms with Crippen LogP contribution in [0.25, 0.3) is 0 Å². The van der Waals surface area contributed by atoms with Crippen molar-refractivity contribution < 1.29 is 9.90 Å². The first-order valence-electron chi connectivity index (χ1n) is 8.88. The van der Waals surface area contributed by atoms with E-state index in [1.54, 1.807) is 6.20 Å². The molecule has 25 heavy (non-hydrogen) atoms. The first-order valence-corrected chi connectivity index (χ1v) is 8.88. The highest BCUT2D eigenvalue weighted by molar-refractivity contribution is 5.78. The Morgan fingerprint density at radius 1 is 1.20 bits per heavy atom. The number of nitrogens with zero attached hydrogens (tertiary/aromatic N) is 3. The molecule has 134 valence electrons. The van der Waals surface area contributed by atoms with Gasteiger partial charge in [0, 0.05) is 25.5 Å². The monoisotopic (exact) mass is 342 g/mol. The van der Waals surface area contributed by atoms with Crippen LogP contribution in [-0.2, 0) is 17.9 Å². The summed E-state index contributed by atoms with van der Waals surface area (Å²) in [5.74, 6) is 0.449. The van der Waals surface area contributed by atoms with Crippen LogP contribution in [0.3, 0.4) is 0 Å². The number of aromatic nitrogens is 2. The number of hydrogen-bond acceptors (Lipinski definition) is 4. The van der Waals surface area contributed by atoms with E-state index in [0.717, 1.165) is 37.1 Å². The molecular formula is C19H26N4O2. The molecule has 6 heteroatoms. The molecule has 1 aromatic carbocycles. The number of carbonyl (C=O) groups excluding carboxylic acids is 1. The van der Waals surface area contributed by atoms with E-state index in [-0.39, 0.29) is 12.5 Å². The van der Waals surface area contributed by atoms with Gasteiger partial charge < -0.3 is 10.4 Å². The van der Waals surface area contributed by atoms with Crippen molar-refractivity contribution in [1.29, 1.82) is 0 Å². The SMILES string of the molecule is O=C(CN1CCC(CO)CC1)NCc1ccccc1Cn1cccn1. The Kier molecular flexibility index (Phi) is 6.19. The molecule has 0 radical (unpaired) electrons. The number of piperidine rings is 1. The molecule has 3 rings (SSSR count). The molecular weight excluding hydrogens is 316 g/mol. The van der Waals surface area contributed by atoms with Gasteiger partial charge >= 0.3 is 0 Å². The quantitative estimate of drug-likeness (QED) is 0.795. The lowest BCUT2D eigenvalue weighted by Crippen LogP contribution is -2.41. The lowest BCUT2D eigenvalue weighted by atomic mass is 9.98. The maximum absolute atomic E-state index is 12.2. The smallest absolute Gasteiger partial charge is 0.234 e. The third kappa shape index (κ3) is 5.14. The molecule has 1 saturated heterocycles. The first kappa shape index (κ1) is 17.6. The van der Waals surface area contributed by atoms with Crippen LogP contribution in [0, 0.1) is 5.92 Å². The highest BCUT2D eigenvalue weighted by Crippen LogP contribution is 2.16. The maximum atomic E-state index is 12.2. The van der Waals surface area contributed by atoms with E-state index in [1.807, 2.05) is 35.1 Å². The fourth-order valence-electron chi connectivity index (χ4n) is 3.23. The normalized spacial score (nSPS) is 16.0. The zero-order valence-corrected chi connectivity index (χ0v) is 14.5. The molecule has 1 fully saturated rings. The summed E-state index contributed by atoms with van der Waals surface area (Å²) in [4.78, 5) is 14.4. The Hall–Kier alpha value is -2.18. The standard InChI is InChI=1S/C19H26N4O2/c24-15-16-6-10-22(11-7-16)14-19(25)20-12-17-4-1-2-5-18(17)13-23-9-3-8-21-23/h1-5,8-9,16,24H,6-7,10-15H2,(H,20,25). The third-order valence-electron chi connectivity index (χ3n) is 4.82. The van der Waals surface area contributed by atoms with E-state index in [2.05, 4.69) is 21.4 Å². The molecule has 2 N–H and O–H groups in total. The van der Waals surface area contributed by atoms with Crippen molar-refractivity contribution in [3.63, 3.8) is 0 Å². The van der Waals surface area contributed by atoms with E-state index >= 15 is 0 Å². The lowest BCUT2D eigenvalue weighted by molar-refractivity contribution is -0.122. The van der Waals surface area contributed by atoms with E-state index in [4.69, 9.17) is 0 Å². The molecule has 0 saturated carbocycles. The highest BCUT2D eigenvalue weighted by Gasteiger charge is 2.20. The van der Waals surface area contributed by atoms with Crippen molar-refractivity contribution in [2.24, 2.45) is 5.92 Å². The van der Waals surface area contributed by atoms with Gasteiger partial charge in [0.15, 0.2) is 0 Å². The zero-order valence-electron chi connectivity index (χ0n) is 14.5. The van der Waals surface area contributed by atoms with Crippen LogP contribution in [0.1, 0.15) is 24.0 Å². The molecule has 0 aliphatic carbocycles. The average Bonchev–Trinajstić information content (AvgIpc) is 3.15. The molecule has 1 amide bonds. The Morgan fingerprint density at radius 2 is 1.96 bits per heavy atom. The van der Waals surface area contributed by atoms with Gasteiger partial charge in [-0.15, -0.1) is 0 Å². The van der Waals surface area contributed by atoms with Crippen molar-refractivity contribution >= 4 is 5.91 Å². The number of hydrogen-bond donors (Lipinski definition) is 2. The van der Waals surface area contributed by atoms with Crippen LogP contribution >= 0.6 is 0 Å². The lowest BCUT2D eigenvalue weighted by Gasteiger charge is -2.30. The topological polar surface area (TPSA) is 70.4 Å². The molecule has 2 aromatic rings. The summed E-state index contributed by atoms with van der Waals surface area (Å²) < 4.78 is 1.88. The van der Waals surface area contributed by atoms with Crippen molar-refractivity contribution in [2.75, 3.05) is 26.2 Å². The summed E-state index contributed by atoms with van der Waals surface area (Å²) in [7, 11) is 0. The third-order valence-corrected chi connectivity index (χ3v) is 4.82. The second-order valence-electron chi connectivity index (χ2n) is 6.65. The molecule has 1 aliphatic heterocycles. The largest absolute Gasteiger partial charge is 0.396 e. The van der Waals surface area contributed by atoms with Gasteiger partial charge in [0.2, 0.25) is 5.91 Å². The van der Waals surface area contributed by atoms with Gasteiger partial charge in [-0.25, -0.2) is 0 Å². The van der Waals surface area contributed by atoms with Gasteiger partial charge in [-0.2, -0.15) is 5.10 Å². The van der Waals surface area contributed by atoms with E-state index in [1.165, 1.54) is 0 Å². The minimum Gasteiger partial charge on any atom is -0.396 e. The summed E-state index contributed by atoms with van der Waals surface area (Å²) >= 11 is 0. The number of amides is 1. The summed E-state index contributed by atoms with van der Waals surface area (Å²) in [6, 6.07) is 10.0.